The molecule has 0 aromatic rings. The van der Waals surface area contributed by atoms with Gasteiger partial charge in [0, 0.05) is 19.5 Å². The molecule has 22 heavy (non-hydrogen) atoms. The number of carboxylic acids is 1. The highest BCUT2D eigenvalue weighted by molar-refractivity contribution is 7.91. The van der Waals surface area contributed by atoms with Gasteiger partial charge in [0.1, 0.15) is 9.84 Å². The second kappa shape index (κ2) is 6.98. The molecule has 6 nitrogen and oxygen atoms in total. The van der Waals surface area contributed by atoms with E-state index in [1.54, 1.807) is 4.90 Å². The molecule has 0 aromatic heterocycles. The Morgan fingerprint density at radius 3 is 2.36 bits per heavy atom. The van der Waals surface area contributed by atoms with Crippen LogP contribution in [0.5, 0.6) is 0 Å². The number of carbonyl (C=O) groups is 2. The van der Waals surface area contributed by atoms with E-state index in [4.69, 9.17) is 0 Å². The number of carbonyl (C=O) groups excluding carboxylic acids is 1. The zero-order valence-electron chi connectivity index (χ0n) is 13.0. The third-order valence-electron chi connectivity index (χ3n) is 4.91. The van der Waals surface area contributed by atoms with Gasteiger partial charge in [-0.25, -0.2) is 8.42 Å². The van der Waals surface area contributed by atoms with E-state index in [1.807, 2.05) is 6.92 Å². The lowest BCUT2D eigenvalue weighted by molar-refractivity contribution is -0.142. The Bertz CT molecular complexity index is 516. The van der Waals surface area contributed by atoms with Crippen LogP contribution in [0.4, 0.5) is 0 Å². The van der Waals surface area contributed by atoms with Crippen molar-refractivity contribution in [3.8, 4) is 0 Å². The Hall–Kier alpha value is -1.11. The molecule has 1 amide bonds. The normalized spacial score (nSPS) is 28.7. The molecule has 1 N–H and O–H groups in total. The van der Waals surface area contributed by atoms with E-state index < -0.39 is 21.7 Å². The van der Waals surface area contributed by atoms with E-state index in [-0.39, 0.29) is 29.2 Å². The van der Waals surface area contributed by atoms with Crippen molar-refractivity contribution in [3.63, 3.8) is 0 Å². The molecule has 126 valence electrons. The Labute approximate surface area is 131 Å². The van der Waals surface area contributed by atoms with Crippen molar-refractivity contribution in [2.75, 3.05) is 24.6 Å². The van der Waals surface area contributed by atoms with Gasteiger partial charge in [0.2, 0.25) is 5.91 Å². The zero-order chi connectivity index (χ0) is 16.3. The van der Waals surface area contributed by atoms with Crippen molar-refractivity contribution in [2.45, 2.75) is 39.0 Å². The molecule has 2 saturated heterocycles. The Balaban J connectivity index is 1.89. The molecule has 0 bridgehead atoms. The van der Waals surface area contributed by atoms with Gasteiger partial charge < -0.3 is 10.0 Å². The highest BCUT2D eigenvalue weighted by Gasteiger charge is 2.39. The summed E-state index contributed by atoms with van der Waals surface area (Å²) >= 11 is 0. The lowest BCUT2D eigenvalue weighted by Crippen LogP contribution is -2.33. The standard InChI is InChI=1S/C15H25NO5S/c1-2-3-12-9-16(10-13(12)15(18)19)14(17)8-11-4-6-22(20,21)7-5-11/h11-13H,2-10H2,1H3,(H,18,19)/t12-,13-/m1/s1. The average Bonchev–Trinajstić information content (AvgIpc) is 2.86. The van der Waals surface area contributed by atoms with Crippen LogP contribution >= 0.6 is 0 Å². The summed E-state index contributed by atoms with van der Waals surface area (Å²) in [5, 5.41) is 9.28. The maximum absolute atomic E-state index is 12.4. The monoisotopic (exact) mass is 331 g/mol. The fraction of sp³-hybridized carbons (Fsp3) is 0.867. The lowest BCUT2D eigenvalue weighted by Gasteiger charge is -2.24. The SMILES string of the molecule is CCC[C@@H]1CN(C(=O)CC2CCS(=O)(=O)CC2)C[C@H]1C(=O)O. The van der Waals surface area contributed by atoms with Crippen molar-refractivity contribution in [2.24, 2.45) is 17.8 Å². The number of likely N-dealkylation sites (tertiary alicyclic amines) is 1. The minimum atomic E-state index is -2.91. The van der Waals surface area contributed by atoms with Gasteiger partial charge in [0.15, 0.2) is 0 Å². The smallest absolute Gasteiger partial charge is 0.308 e. The second-order valence-electron chi connectivity index (χ2n) is 6.59. The quantitative estimate of drug-likeness (QED) is 0.816. The fourth-order valence-electron chi connectivity index (χ4n) is 3.54. The average molecular weight is 331 g/mol. The molecule has 0 radical (unpaired) electrons. The third-order valence-corrected chi connectivity index (χ3v) is 6.62. The Morgan fingerprint density at radius 1 is 1.18 bits per heavy atom. The molecule has 2 atom stereocenters. The van der Waals surface area contributed by atoms with Gasteiger partial charge in [-0.05, 0) is 31.1 Å². The number of aliphatic carboxylic acids is 1. The number of rotatable bonds is 5. The van der Waals surface area contributed by atoms with Gasteiger partial charge in [-0.15, -0.1) is 0 Å². The van der Waals surface area contributed by atoms with Crippen LogP contribution in [0.3, 0.4) is 0 Å². The Kier molecular flexibility index (Phi) is 5.47. The Morgan fingerprint density at radius 2 is 1.82 bits per heavy atom. The largest absolute Gasteiger partial charge is 0.481 e. The van der Waals surface area contributed by atoms with Gasteiger partial charge >= 0.3 is 5.97 Å². The lowest BCUT2D eigenvalue weighted by atomic mass is 9.92. The van der Waals surface area contributed by atoms with Crippen molar-refractivity contribution < 1.29 is 23.1 Å². The van der Waals surface area contributed by atoms with Gasteiger partial charge in [-0.1, -0.05) is 13.3 Å². The van der Waals surface area contributed by atoms with Crippen molar-refractivity contribution >= 4 is 21.7 Å². The maximum atomic E-state index is 12.4. The summed E-state index contributed by atoms with van der Waals surface area (Å²) in [7, 11) is -2.91. The number of hydrogen-bond donors (Lipinski definition) is 1. The van der Waals surface area contributed by atoms with Crippen LogP contribution in [-0.4, -0.2) is 54.9 Å². The van der Waals surface area contributed by atoms with Gasteiger partial charge in [0.05, 0.1) is 17.4 Å². The summed E-state index contributed by atoms with van der Waals surface area (Å²) < 4.78 is 22.8. The molecule has 2 aliphatic heterocycles. The highest BCUT2D eigenvalue weighted by atomic mass is 32.2. The second-order valence-corrected chi connectivity index (χ2v) is 8.90. The van der Waals surface area contributed by atoms with Crippen molar-refractivity contribution in [1.29, 1.82) is 0 Å². The predicted molar refractivity (Wildman–Crippen MR) is 82.1 cm³/mol. The van der Waals surface area contributed by atoms with E-state index in [0.29, 0.717) is 32.4 Å². The molecule has 2 rings (SSSR count). The molecule has 0 unspecified atom stereocenters. The van der Waals surface area contributed by atoms with Crippen LogP contribution in [0, 0.1) is 17.8 Å². The summed E-state index contributed by atoms with van der Waals surface area (Å²) in [6, 6.07) is 0. The highest BCUT2D eigenvalue weighted by Crippen LogP contribution is 2.30. The van der Waals surface area contributed by atoms with Crippen molar-refractivity contribution in [1.82, 2.24) is 4.90 Å². The summed E-state index contributed by atoms with van der Waals surface area (Å²) in [6.45, 7) is 2.84. The fourth-order valence-corrected chi connectivity index (χ4v) is 5.13. The van der Waals surface area contributed by atoms with Gasteiger partial charge in [-0.2, -0.15) is 0 Å². The molecule has 0 saturated carbocycles. The number of hydrogen-bond acceptors (Lipinski definition) is 4. The molecule has 0 spiro atoms. The molecule has 2 fully saturated rings. The van der Waals surface area contributed by atoms with E-state index in [2.05, 4.69) is 0 Å². The first kappa shape index (κ1) is 17.2. The molecule has 2 aliphatic rings. The maximum Gasteiger partial charge on any atom is 0.308 e. The van der Waals surface area contributed by atoms with Crippen LogP contribution in [0.1, 0.15) is 39.0 Å². The van der Waals surface area contributed by atoms with Gasteiger partial charge in [-0.3, -0.25) is 9.59 Å². The summed E-state index contributed by atoms with van der Waals surface area (Å²) in [4.78, 5) is 25.4. The number of nitrogens with zero attached hydrogens (tertiary/aromatic N) is 1. The summed E-state index contributed by atoms with van der Waals surface area (Å²) in [5.74, 6) is -0.813. The van der Waals surface area contributed by atoms with Gasteiger partial charge in [0.25, 0.3) is 0 Å². The van der Waals surface area contributed by atoms with E-state index in [9.17, 15) is 23.1 Å². The topological polar surface area (TPSA) is 91.8 Å². The number of amides is 1. The molecule has 7 heteroatoms. The molecular formula is C15H25NO5S. The van der Waals surface area contributed by atoms with Crippen LogP contribution in [0.15, 0.2) is 0 Å². The van der Waals surface area contributed by atoms with Crippen LogP contribution < -0.4 is 0 Å². The van der Waals surface area contributed by atoms with Crippen LogP contribution in [0.2, 0.25) is 0 Å². The molecular weight excluding hydrogens is 306 g/mol. The first-order chi connectivity index (χ1) is 10.3. The van der Waals surface area contributed by atoms with E-state index >= 15 is 0 Å². The number of carboxylic acid groups (broad SMARTS) is 1. The minimum absolute atomic E-state index is 0.0193. The first-order valence-corrected chi connectivity index (χ1v) is 9.85. The minimum Gasteiger partial charge on any atom is -0.481 e. The summed E-state index contributed by atoms with van der Waals surface area (Å²) in [6.07, 6.45) is 3.17. The molecule has 0 aliphatic carbocycles. The summed E-state index contributed by atoms with van der Waals surface area (Å²) in [5.41, 5.74) is 0. The van der Waals surface area contributed by atoms with Crippen molar-refractivity contribution in [3.05, 3.63) is 0 Å². The molecule has 0 aromatic carbocycles. The number of sulfone groups is 1. The zero-order valence-corrected chi connectivity index (χ0v) is 13.8. The van der Waals surface area contributed by atoms with Crippen LogP contribution in [-0.2, 0) is 19.4 Å². The molecule has 2 heterocycles. The van der Waals surface area contributed by atoms with E-state index in [1.165, 1.54) is 0 Å². The van der Waals surface area contributed by atoms with E-state index in [0.717, 1.165) is 12.8 Å². The van der Waals surface area contributed by atoms with Crippen LogP contribution in [0.25, 0.3) is 0 Å². The first-order valence-electron chi connectivity index (χ1n) is 8.03. The third kappa shape index (κ3) is 4.21. The predicted octanol–water partition coefficient (Wildman–Crippen LogP) is 1.16.